The van der Waals surface area contributed by atoms with E-state index in [9.17, 15) is 4.39 Å². The van der Waals surface area contributed by atoms with E-state index >= 15 is 0 Å². The third kappa shape index (κ3) is 2.61. The first-order valence-corrected chi connectivity index (χ1v) is 5.98. The van der Waals surface area contributed by atoms with Gasteiger partial charge in [-0.1, -0.05) is 0 Å². The Kier molecular flexibility index (Phi) is 3.81. The van der Waals surface area contributed by atoms with E-state index in [-0.39, 0.29) is 5.75 Å². The molecule has 0 spiro atoms. The minimum Gasteiger partial charge on any atom is -0.494 e. The molecule has 0 atom stereocenters. The van der Waals surface area contributed by atoms with Crippen molar-refractivity contribution in [2.24, 2.45) is 0 Å². The standard InChI is InChI=1S/C13H18FN3O/c1-16-5-7-17(8-6-16)13(15)10-3-4-11(14)12(9-10)18-2/h3-4,9,15H,5-8H2,1-2H3. The Morgan fingerprint density at radius 1 is 1.28 bits per heavy atom. The fraction of sp³-hybridized carbons (Fsp3) is 0.462. The maximum Gasteiger partial charge on any atom is 0.165 e. The smallest absolute Gasteiger partial charge is 0.165 e. The van der Waals surface area contributed by atoms with Gasteiger partial charge < -0.3 is 14.5 Å². The summed E-state index contributed by atoms with van der Waals surface area (Å²) in [6, 6.07) is 4.55. The van der Waals surface area contributed by atoms with E-state index in [4.69, 9.17) is 10.1 Å². The van der Waals surface area contributed by atoms with Crippen molar-refractivity contribution < 1.29 is 9.13 Å². The van der Waals surface area contributed by atoms with E-state index in [0.717, 1.165) is 26.2 Å². The summed E-state index contributed by atoms with van der Waals surface area (Å²) in [6.07, 6.45) is 0. The summed E-state index contributed by atoms with van der Waals surface area (Å²) in [5, 5.41) is 8.16. The normalized spacial score (nSPS) is 16.7. The summed E-state index contributed by atoms with van der Waals surface area (Å²) < 4.78 is 18.3. The topological polar surface area (TPSA) is 39.6 Å². The number of nitrogens with one attached hydrogen (secondary N) is 1. The molecule has 1 saturated heterocycles. The minimum atomic E-state index is -0.396. The zero-order chi connectivity index (χ0) is 13.1. The lowest BCUT2D eigenvalue weighted by Crippen LogP contribution is -2.47. The van der Waals surface area contributed by atoms with Gasteiger partial charge in [-0.05, 0) is 25.2 Å². The Hall–Kier alpha value is -1.62. The summed E-state index contributed by atoms with van der Waals surface area (Å²) in [5.74, 6) is 0.222. The fourth-order valence-electron chi connectivity index (χ4n) is 2.02. The number of amidine groups is 1. The van der Waals surface area contributed by atoms with Gasteiger partial charge in [0, 0.05) is 31.7 Å². The Morgan fingerprint density at radius 3 is 2.56 bits per heavy atom. The van der Waals surface area contributed by atoms with Crippen molar-refractivity contribution in [3.8, 4) is 5.75 Å². The van der Waals surface area contributed by atoms with Gasteiger partial charge >= 0.3 is 0 Å². The molecule has 1 aliphatic heterocycles. The predicted molar refractivity (Wildman–Crippen MR) is 68.9 cm³/mol. The summed E-state index contributed by atoms with van der Waals surface area (Å²) in [7, 11) is 3.50. The van der Waals surface area contributed by atoms with Gasteiger partial charge in [0.1, 0.15) is 5.84 Å². The molecule has 0 amide bonds. The Labute approximate surface area is 106 Å². The first-order valence-electron chi connectivity index (χ1n) is 5.98. The van der Waals surface area contributed by atoms with Crippen LogP contribution in [-0.2, 0) is 0 Å². The van der Waals surface area contributed by atoms with Crippen molar-refractivity contribution in [1.29, 1.82) is 5.41 Å². The van der Waals surface area contributed by atoms with E-state index in [1.165, 1.54) is 13.2 Å². The quantitative estimate of drug-likeness (QED) is 0.638. The number of likely N-dealkylation sites (N-methyl/N-ethyl adjacent to an activating group) is 1. The molecule has 1 aromatic rings. The van der Waals surface area contributed by atoms with Crippen LogP contribution in [0, 0.1) is 11.2 Å². The Morgan fingerprint density at radius 2 is 1.94 bits per heavy atom. The van der Waals surface area contributed by atoms with Crippen LogP contribution in [0.1, 0.15) is 5.56 Å². The average Bonchev–Trinajstić information content (AvgIpc) is 2.39. The lowest BCUT2D eigenvalue weighted by Gasteiger charge is -2.34. The highest BCUT2D eigenvalue weighted by Gasteiger charge is 2.18. The SMILES string of the molecule is COc1cc(C(=N)N2CCN(C)CC2)ccc1F. The molecule has 2 rings (SSSR count). The molecule has 1 aromatic carbocycles. The van der Waals surface area contributed by atoms with Crippen LogP contribution >= 0.6 is 0 Å². The number of benzene rings is 1. The lowest BCUT2D eigenvalue weighted by molar-refractivity contribution is 0.215. The van der Waals surface area contributed by atoms with E-state index in [2.05, 4.69) is 11.9 Å². The molecule has 18 heavy (non-hydrogen) atoms. The van der Waals surface area contributed by atoms with Gasteiger partial charge in [0.15, 0.2) is 11.6 Å². The number of nitrogens with zero attached hydrogens (tertiary/aromatic N) is 2. The molecular formula is C13H18FN3O. The van der Waals surface area contributed by atoms with Crippen molar-refractivity contribution in [3.63, 3.8) is 0 Å². The summed E-state index contributed by atoms with van der Waals surface area (Å²) in [4.78, 5) is 4.24. The van der Waals surface area contributed by atoms with Gasteiger partial charge in [-0.15, -0.1) is 0 Å². The second-order valence-electron chi connectivity index (χ2n) is 4.49. The second-order valence-corrected chi connectivity index (χ2v) is 4.49. The second kappa shape index (κ2) is 5.35. The number of hydrogen-bond acceptors (Lipinski definition) is 3. The summed E-state index contributed by atoms with van der Waals surface area (Å²) in [5.41, 5.74) is 0.692. The zero-order valence-corrected chi connectivity index (χ0v) is 10.7. The molecule has 98 valence electrons. The van der Waals surface area contributed by atoms with Crippen LogP contribution in [0.3, 0.4) is 0 Å². The number of methoxy groups -OCH3 is 1. The lowest BCUT2D eigenvalue weighted by atomic mass is 10.1. The third-order valence-corrected chi connectivity index (χ3v) is 3.24. The van der Waals surface area contributed by atoms with Gasteiger partial charge in [0.05, 0.1) is 7.11 Å². The van der Waals surface area contributed by atoms with Crippen LogP contribution in [0.15, 0.2) is 18.2 Å². The predicted octanol–water partition coefficient (Wildman–Crippen LogP) is 1.41. The largest absolute Gasteiger partial charge is 0.494 e. The molecular weight excluding hydrogens is 233 g/mol. The van der Waals surface area contributed by atoms with Crippen LogP contribution < -0.4 is 4.74 Å². The van der Waals surface area contributed by atoms with Crippen LogP contribution in [0.4, 0.5) is 4.39 Å². The first-order chi connectivity index (χ1) is 8.61. The van der Waals surface area contributed by atoms with Crippen LogP contribution in [-0.4, -0.2) is 56.0 Å². The molecule has 0 aromatic heterocycles. The molecule has 0 aliphatic carbocycles. The van der Waals surface area contributed by atoms with E-state index in [0.29, 0.717) is 11.4 Å². The Balaban J connectivity index is 2.13. The monoisotopic (exact) mass is 251 g/mol. The molecule has 5 heteroatoms. The molecule has 1 aliphatic rings. The highest BCUT2D eigenvalue weighted by molar-refractivity contribution is 5.96. The van der Waals surface area contributed by atoms with Crippen LogP contribution in [0.5, 0.6) is 5.75 Å². The van der Waals surface area contributed by atoms with Gasteiger partial charge in [-0.25, -0.2) is 4.39 Å². The fourth-order valence-corrected chi connectivity index (χ4v) is 2.02. The minimum absolute atomic E-state index is 0.186. The molecule has 0 saturated carbocycles. The summed E-state index contributed by atoms with van der Waals surface area (Å²) >= 11 is 0. The maximum absolute atomic E-state index is 13.3. The number of rotatable bonds is 2. The third-order valence-electron chi connectivity index (χ3n) is 3.24. The van der Waals surface area contributed by atoms with E-state index in [1.807, 2.05) is 4.90 Å². The number of halogens is 1. The zero-order valence-electron chi connectivity index (χ0n) is 10.7. The van der Waals surface area contributed by atoms with Crippen molar-refractivity contribution in [2.75, 3.05) is 40.3 Å². The average molecular weight is 251 g/mol. The van der Waals surface area contributed by atoms with E-state index in [1.54, 1.807) is 12.1 Å². The molecule has 1 N–H and O–H groups in total. The molecule has 4 nitrogen and oxygen atoms in total. The number of hydrogen-bond donors (Lipinski definition) is 1. The van der Waals surface area contributed by atoms with Gasteiger partial charge in [-0.2, -0.15) is 0 Å². The maximum atomic E-state index is 13.3. The molecule has 0 unspecified atom stereocenters. The van der Waals surface area contributed by atoms with Crippen LogP contribution in [0.25, 0.3) is 0 Å². The highest BCUT2D eigenvalue weighted by atomic mass is 19.1. The van der Waals surface area contributed by atoms with Crippen molar-refractivity contribution in [1.82, 2.24) is 9.80 Å². The number of ether oxygens (including phenoxy) is 1. The van der Waals surface area contributed by atoms with Crippen molar-refractivity contribution in [2.45, 2.75) is 0 Å². The van der Waals surface area contributed by atoms with E-state index < -0.39 is 5.82 Å². The van der Waals surface area contributed by atoms with Crippen molar-refractivity contribution in [3.05, 3.63) is 29.6 Å². The van der Waals surface area contributed by atoms with Crippen LogP contribution in [0.2, 0.25) is 0 Å². The van der Waals surface area contributed by atoms with Crippen molar-refractivity contribution >= 4 is 5.84 Å². The van der Waals surface area contributed by atoms with Gasteiger partial charge in [-0.3, -0.25) is 5.41 Å². The number of piperazine rings is 1. The van der Waals surface area contributed by atoms with Gasteiger partial charge in [0.25, 0.3) is 0 Å². The Bertz CT molecular complexity index is 442. The molecule has 0 radical (unpaired) electrons. The molecule has 1 heterocycles. The highest BCUT2D eigenvalue weighted by Crippen LogP contribution is 2.19. The molecule has 0 bridgehead atoms. The summed E-state index contributed by atoms with van der Waals surface area (Å²) in [6.45, 7) is 3.55. The molecule has 1 fully saturated rings. The first kappa shape index (κ1) is 12.8. The van der Waals surface area contributed by atoms with Gasteiger partial charge in [0.2, 0.25) is 0 Å².